The standard InChI is InChI=1S/C21H24N2O4S/c1-5-27-18-11-13(9-10-17(18)26-3)16(12-28-4)23-20(24)14-7-6-8-15(22-2)19(14)21(23)25/h6-11,16,22H,5,12H2,1-4H3. The van der Waals surface area contributed by atoms with Gasteiger partial charge in [0.1, 0.15) is 0 Å². The van der Waals surface area contributed by atoms with Gasteiger partial charge in [0.05, 0.1) is 30.9 Å². The van der Waals surface area contributed by atoms with Crippen molar-refractivity contribution in [3.8, 4) is 11.5 Å². The molecule has 28 heavy (non-hydrogen) atoms. The van der Waals surface area contributed by atoms with Crippen LogP contribution in [0, 0.1) is 0 Å². The molecule has 1 aliphatic rings. The number of fused-ring (bicyclic) bond motifs is 1. The zero-order valence-electron chi connectivity index (χ0n) is 16.4. The van der Waals surface area contributed by atoms with E-state index in [9.17, 15) is 9.59 Å². The zero-order chi connectivity index (χ0) is 20.3. The Morgan fingerprint density at radius 2 is 1.93 bits per heavy atom. The molecule has 0 saturated heterocycles. The van der Waals surface area contributed by atoms with Crippen LogP contribution in [0.3, 0.4) is 0 Å². The van der Waals surface area contributed by atoms with Gasteiger partial charge in [-0.1, -0.05) is 12.1 Å². The van der Waals surface area contributed by atoms with E-state index in [4.69, 9.17) is 9.47 Å². The number of rotatable bonds is 8. The van der Waals surface area contributed by atoms with Crippen LogP contribution in [-0.4, -0.2) is 49.5 Å². The molecule has 7 heteroatoms. The molecule has 2 aromatic rings. The van der Waals surface area contributed by atoms with Crippen molar-refractivity contribution in [2.75, 3.05) is 38.1 Å². The van der Waals surface area contributed by atoms with Gasteiger partial charge in [0, 0.05) is 18.5 Å². The lowest BCUT2D eigenvalue weighted by Crippen LogP contribution is -2.35. The van der Waals surface area contributed by atoms with Crippen molar-refractivity contribution >= 4 is 29.3 Å². The highest BCUT2D eigenvalue weighted by molar-refractivity contribution is 7.98. The van der Waals surface area contributed by atoms with Crippen molar-refractivity contribution in [3.63, 3.8) is 0 Å². The minimum Gasteiger partial charge on any atom is -0.493 e. The van der Waals surface area contributed by atoms with E-state index >= 15 is 0 Å². The summed E-state index contributed by atoms with van der Waals surface area (Å²) in [6, 6.07) is 10.4. The van der Waals surface area contributed by atoms with Crippen LogP contribution in [0.4, 0.5) is 5.69 Å². The Bertz CT molecular complexity index is 900. The number of imide groups is 1. The second-order valence-corrected chi connectivity index (χ2v) is 7.18. The summed E-state index contributed by atoms with van der Waals surface area (Å²) in [6.07, 6.45) is 1.96. The third-order valence-corrected chi connectivity index (χ3v) is 5.37. The summed E-state index contributed by atoms with van der Waals surface area (Å²) in [5.41, 5.74) is 2.35. The minimum atomic E-state index is -0.405. The van der Waals surface area contributed by atoms with Crippen LogP contribution < -0.4 is 14.8 Å². The summed E-state index contributed by atoms with van der Waals surface area (Å²) in [6.45, 7) is 2.39. The smallest absolute Gasteiger partial charge is 0.264 e. The van der Waals surface area contributed by atoms with Crippen molar-refractivity contribution in [2.45, 2.75) is 13.0 Å². The Morgan fingerprint density at radius 1 is 1.14 bits per heavy atom. The van der Waals surface area contributed by atoms with Gasteiger partial charge in [-0.25, -0.2) is 0 Å². The maximum Gasteiger partial charge on any atom is 0.264 e. The van der Waals surface area contributed by atoms with E-state index in [-0.39, 0.29) is 11.8 Å². The van der Waals surface area contributed by atoms with E-state index in [0.29, 0.717) is 40.7 Å². The number of anilines is 1. The first-order chi connectivity index (χ1) is 13.6. The van der Waals surface area contributed by atoms with Crippen LogP contribution in [0.1, 0.15) is 39.2 Å². The highest BCUT2D eigenvalue weighted by Crippen LogP contribution is 2.38. The average molecular weight is 401 g/mol. The van der Waals surface area contributed by atoms with Gasteiger partial charge >= 0.3 is 0 Å². The molecular formula is C21H24N2O4S. The molecule has 6 nitrogen and oxygen atoms in total. The largest absolute Gasteiger partial charge is 0.493 e. The van der Waals surface area contributed by atoms with E-state index < -0.39 is 6.04 Å². The lowest BCUT2D eigenvalue weighted by Gasteiger charge is -2.27. The number of hydrogen-bond donors (Lipinski definition) is 1. The Kier molecular flexibility index (Phi) is 6.14. The molecular weight excluding hydrogens is 376 g/mol. The Labute approximate surface area is 169 Å². The van der Waals surface area contributed by atoms with E-state index in [2.05, 4.69) is 5.32 Å². The topological polar surface area (TPSA) is 67.9 Å². The van der Waals surface area contributed by atoms with Gasteiger partial charge in [-0.15, -0.1) is 0 Å². The second-order valence-electron chi connectivity index (χ2n) is 6.27. The van der Waals surface area contributed by atoms with Crippen molar-refractivity contribution in [1.82, 2.24) is 4.90 Å². The van der Waals surface area contributed by atoms with E-state index in [0.717, 1.165) is 5.56 Å². The number of nitrogens with one attached hydrogen (secondary N) is 1. The Hall–Kier alpha value is -2.67. The fraction of sp³-hybridized carbons (Fsp3) is 0.333. The van der Waals surface area contributed by atoms with Crippen LogP contribution in [0.25, 0.3) is 0 Å². The summed E-state index contributed by atoms with van der Waals surface area (Å²) < 4.78 is 11.0. The number of methoxy groups -OCH3 is 1. The predicted molar refractivity (Wildman–Crippen MR) is 112 cm³/mol. The quantitative estimate of drug-likeness (QED) is 0.679. The predicted octanol–water partition coefficient (Wildman–Crippen LogP) is 3.84. The normalized spacial score (nSPS) is 14.1. The maximum atomic E-state index is 13.2. The molecule has 0 fully saturated rings. The van der Waals surface area contributed by atoms with Crippen molar-refractivity contribution in [1.29, 1.82) is 0 Å². The molecule has 1 heterocycles. The Morgan fingerprint density at radius 3 is 2.57 bits per heavy atom. The summed E-state index contributed by atoms with van der Waals surface area (Å²) >= 11 is 1.58. The SMILES string of the molecule is CCOc1cc(C(CSC)N2C(=O)c3cccc(NC)c3C2=O)ccc1OC. The first-order valence-corrected chi connectivity index (χ1v) is 10.4. The fourth-order valence-electron chi connectivity index (χ4n) is 3.44. The van der Waals surface area contributed by atoms with Gasteiger partial charge in [0.25, 0.3) is 11.8 Å². The van der Waals surface area contributed by atoms with Crippen LogP contribution in [0.5, 0.6) is 11.5 Å². The number of hydrogen-bond acceptors (Lipinski definition) is 6. The number of nitrogens with zero attached hydrogens (tertiary/aromatic N) is 1. The van der Waals surface area contributed by atoms with Gasteiger partial charge < -0.3 is 14.8 Å². The van der Waals surface area contributed by atoms with Crippen molar-refractivity contribution in [3.05, 3.63) is 53.1 Å². The monoisotopic (exact) mass is 400 g/mol. The molecule has 0 aliphatic carbocycles. The summed E-state index contributed by atoms with van der Waals surface area (Å²) in [5, 5.41) is 3.01. The van der Waals surface area contributed by atoms with Crippen LogP contribution in [0.15, 0.2) is 36.4 Å². The zero-order valence-corrected chi connectivity index (χ0v) is 17.3. The third-order valence-electron chi connectivity index (χ3n) is 4.72. The van der Waals surface area contributed by atoms with Crippen molar-refractivity contribution in [2.24, 2.45) is 0 Å². The molecule has 0 saturated carbocycles. The molecule has 148 valence electrons. The molecule has 0 bridgehead atoms. The van der Waals surface area contributed by atoms with Gasteiger partial charge in [0.15, 0.2) is 11.5 Å². The van der Waals surface area contributed by atoms with Gasteiger partial charge in [-0.3, -0.25) is 14.5 Å². The number of benzene rings is 2. The van der Waals surface area contributed by atoms with Crippen LogP contribution >= 0.6 is 11.8 Å². The van der Waals surface area contributed by atoms with Gasteiger partial charge in [0.2, 0.25) is 0 Å². The molecule has 0 spiro atoms. The molecule has 1 unspecified atom stereocenters. The van der Waals surface area contributed by atoms with Crippen molar-refractivity contribution < 1.29 is 19.1 Å². The number of carbonyl (C=O) groups is 2. The van der Waals surface area contributed by atoms with Crippen LogP contribution in [0.2, 0.25) is 0 Å². The third kappa shape index (κ3) is 3.42. The second kappa shape index (κ2) is 8.56. The lowest BCUT2D eigenvalue weighted by atomic mass is 10.1. The summed E-state index contributed by atoms with van der Waals surface area (Å²) in [5.74, 6) is 1.25. The first-order valence-electron chi connectivity index (χ1n) is 9.05. The first kappa shape index (κ1) is 20.1. The molecule has 3 rings (SSSR count). The minimum absolute atomic E-state index is 0.273. The molecule has 0 radical (unpaired) electrons. The number of amides is 2. The number of ether oxygens (including phenoxy) is 2. The van der Waals surface area contributed by atoms with E-state index in [1.807, 2.05) is 31.4 Å². The molecule has 1 aliphatic heterocycles. The van der Waals surface area contributed by atoms with Gasteiger partial charge in [-0.05, 0) is 43.0 Å². The number of carbonyl (C=O) groups excluding carboxylic acids is 2. The summed E-state index contributed by atoms with van der Waals surface area (Å²) in [4.78, 5) is 27.7. The fourth-order valence-corrected chi connectivity index (χ4v) is 4.10. The Balaban J connectivity index is 2.05. The van der Waals surface area contributed by atoms with Gasteiger partial charge in [-0.2, -0.15) is 11.8 Å². The average Bonchev–Trinajstić information content (AvgIpc) is 2.97. The lowest BCUT2D eigenvalue weighted by molar-refractivity contribution is 0.0598. The molecule has 0 aromatic heterocycles. The molecule has 1 atom stereocenters. The molecule has 1 N–H and O–H groups in total. The van der Waals surface area contributed by atoms with Crippen LogP contribution in [-0.2, 0) is 0 Å². The highest BCUT2D eigenvalue weighted by atomic mass is 32.2. The summed E-state index contributed by atoms with van der Waals surface area (Å²) in [7, 11) is 3.33. The maximum absolute atomic E-state index is 13.2. The molecule has 2 aromatic carbocycles. The number of thioether (sulfide) groups is 1. The van der Waals surface area contributed by atoms with E-state index in [1.54, 1.807) is 44.1 Å². The van der Waals surface area contributed by atoms with E-state index in [1.165, 1.54) is 4.90 Å². The highest BCUT2D eigenvalue weighted by Gasteiger charge is 2.42. The molecule has 2 amide bonds.